The lowest BCUT2D eigenvalue weighted by Crippen LogP contribution is -2.30. The summed E-state index contributed by atoms with van der Waals surface area (Å²) >= 11 is 0. The number of carbonyl (C=O) groups is 1. The van der Waals surface area contributed by atoms with Gasteiger partial charge in [0.25, 0.3) is 0 Å². The zero-order valence-electron chi connectivity index (χ0n) is 11.8. The Hall–Kier alpha value is -1.95. The Bertz CT molecular complexity index is 657. The Morgan fingerprint density at radius 2 is 2.25 bits per heavy atom. The number of nitrogens with one attached hydrogen (secondary N) is 1. The summed E-state index contributed by atoms with van der Waals surface area (Å²) in [6.07, 6.45) is 5.19. The molecule has 2 aromatic rings. The zero-order chi connectivity index (χ0) is 14.3. The second kappa shape index (κ2) is 4.56. The number of anilines is 1. The van der Waals surface area contributed by atoms with E-state index in [4.69, 9.17) is 5.73 Å². The average molecular weight is 273 g/mol. The number of nitrogens with zero attached hydrogens (tertiary/aromatic N) is 3. The Morgan fingerprint density at radius 1 is 1.50 bits per heavy atom. The maximum atomic E-state index is 12.1. The highest BCUT2D eigenvalue weighted by Gasteiger charge is 2.48. The Balaban J connectivity index is 1.85. The standard InChI is InChI=1S/C14H19N5O/c1-9(2)19-12-10(6-17-19)5-11(7-16-12)18-13(20)14(8-15)3-4-14/h5-7,9H,3-4,8,15H2,1-2H3,(H,18,20). The molecule has 0 aliphatic heterocycles. The van der Waals surface area contributed by atoms with Crippen molar-refractivity contribution in [2.24, 2.45) is 11.1 Å². The fraction of sp³-hybridized carbons (Fsp3) is 0.500. The van der Waals surface area contributed by atoms with Crippen LogP contribution in [0.3, 0.4) is 0 Å². The minimum Gasteiger partial charge on any atom is -0.329 e. The second-order valence-electron chi connectivity index (χ2n) is 5.76. The molecule has 1 amide bonds. The molecule has 3 rings (SSSR count). The molecule has 0 bridgehead atoms. The minimum absolute atomic E-state index is 0.00241. The van der Waals surface area contributed by atoms with Crippen LogP contribution in [0.2, 0.25) is 0 Å². The van der Waals surface area contributed by atoms with E-state index in [-0.39, 0.29) is 17.4 Å². The number of fused-ring (bicyclic) bond motifs is 1. The maximum Gasteiger partial charge on any atom is 0.231 e. The number of amides is 1. The van der Waals surface area contributed by atoms with Crippen molar-refractivity contribution in [3.8, 4) is 0 Å². The van der Waals surface area contributed by atoms with Gasteiger partial charge in [-0.1, -0.05) is 0 Å². The van der Waals surface area contributed by atoms with Crippen LogP contribution >= 0.6 is 0 Å². The van der Waals surface area contributed by atoms with Gasteiger partial charge in [0.15, 0.2) is 5.65 Å². The van der Waals surface area contributed by atoms with E-state index in [1.165, 1.54) is 0 Å². The first-order valence-corrected chi connectivity index (χ1v) is 6.90. The van der Waals surface area contributed by atoms with Gasteiger partial charge in [0.1, 0.15) is 0 Å². The molecule has 6 heteroatoms. The van der Waals surface area contributed by atoms with Gasteiger partial charge in [0.05, 0.1) is 23.5 Å². The fourth-order valence-electron chi connectivity index (χ4n) is 2.32. The number of pyridine rings is 1. The molecule has 0 unspecified atom stereocenters. The Kier molecular flexibility index (Phi) is 2.97. The van der Waals surface area contributed by atoms with E-state index in [9.17, 15) is 4.79 Å². The molecule has 0 atom stereocenters. The summed E-state index contributed by atoms with van der Waals surface area (Å²) in [6, 6.07) is 2.16. The van der Waals surface area contributed by atoms with Crippen molar-refractivity contribution in [1.29, 1.82) is 0 Å². The summed E-state index contributed by atoms with van der Waals surface area (Å²) in [5.41, 5.74) is 6.84. The van der Waals surface area contributed by atoms with E-state index < -0.39 is 0 Å². The summed E-state index contributed by atoms with van der Waals surface area (Å²) in [5.74, 6) is -0.00241. The highest BCUT2D eigenvalue weighted by molar-refractivity contribution is 5.98. The van der Waals surface area contributed by atoms with E-state index in [0.29, 0.717) is 12.2 Å². The van der Waals surface area contributed by atoms with Crippen molar-refractivity contribution in [1.82, 2.24) is 14.8 Å². The van der Waals surface area contributed by atoms with Gasteiger partial charge in [-0.3, -0.25) is 4.79 Å². The van der Waals surface area contributed by atoms with Crippen molar-refractivity contribution in [3.63, 3.8) is 0 Å². The predicted octanol–water partition coefficient (Wildman–Crippen LogP) is 1.69. The van der Waals surface area contributed by atoms with Gasteiger partial charge in [-0.05, 0) is 32.8 Å². The zero-order valence-corrected chi connectivity index (χ0v) is 11.8. The van der Waals surface area contributed by atoms with E-state index in [1.54, 1.807) is 12.4 Å². The lowest BCUT2D eigenvalue weighted by molar-refractivity contribution is -0.120. The molecule has 1 fully saturated rings. The third-order valence-electron chi connectivity index (χ3n) is 3.91. The van der Waals surface area contributed by atoms with Crippen LogP contribution in [-0.2, 0) is 4.79 Å². The Morgan fingerprint density at radius 3 is 2.85 bits per heavy atom. The van der Waals surface area contributed by atoms with Gasteiger partial charge in [0.2, 0.25) is 5.91 Å². The summed E-state index contributed by atoms with van der Waals surface area (Å²) < 4.78 is 1.86. The van der Waals surface area contributed by atoms with E-state index in [1.807, 2.05) is 10.7 Å². The lowest BCUT2D eigenvalue weighted by Gasteiger charge is -2.12. The number of hydrogen-bond donors (Lipinski definition) is 2. The van der Waals surface area contributed by atoms with E-state index in [2.05, 4.69) is 29.2 Å². The van der Waals surface area contributed by atoms with Crippen LogP contribution in [0, 0.1) is 5.41 Å². The number of aromatic nitrogens is 3. The highest BCUT2D eigenvalue weighted by atomic mass is 16.2. The molecule has 1 aliphatic rings. The normalized spacial score (nSPS) is 16.6. The van der Waals surface area contributed by atoms with Gasteiger partial charge in [0, 0.05) is 18.0 Å². The molecule has 0 radical (unpaired) electrons. The maximum absolute atomic E-state index is 12.1. The molecular weight excluding hydrogens is 254 g/mol. The molecular formula is C14H19N5O. The summed E-state index contributed by atoms with van der Waals surface area (Å²) in [4.78, 5) is 16.5. The van der Waals surface area contributed by atoms with Crippen molar-refractivity contribution in [2.75, 3.05) is 11.9 Å². The van der Waals surface area contributed by atoms with Crippen LogP contribution in [-0.4, -0.2) is 27.2 Å². The molecule has 1 aliphatic carbocycles. The molecule has 2 aromatic heterocycles. The minimum atomic E-state index is -0.350. The first kappa shape index (κ1) is 13.1. The molecule has 2 heterocycles. The molecule has 0 saturated heterocycles. The largest absolute Gasteiger partial charge is 0.329 e. The number of hydrogen-bond acceptors (Lipinski definition) is 4. The third-order valence-corrected chi connectivity index (χ3v) is 3.91. The molecule has 6 nitrogen and oxygen atoms in total. The number of nitrogens with two attached hydrogens (primary N) is 1. The molecule has 0 spiro atoms. The molecule has 20 heavy (non-hydrogen) atoms. The highest BCUT2D eigenvalue weighted by Crippen LogP contribution is 2.45. The molecule has 0 aromatic carbocycles. The van der Waals surface area contributed by atoms with Crippen molar-refractivity contribution in [3.05, 3.63) is 18.5 Å². The smallest absolute Gasteiger partial charge is 0.231 e. The van der Waals surface area contributed by atoms with Crippen molar-refractivity contribution in [2.45, 2.75) is 32.7 Å². The van der Waals surface area contributed by atoms with Crippen LogP contribution in [0.4, 0.5) is 5.69 Å². The second-order valence-corrected chi connectivity index (χ2v) is 5.76. The number of carbonyl (C=O) groups excluding carboxylic acids is 1. The number of rotatable bonds is 4. The SMILES string of the molecule is CC(C)n1ncc2cc(NC(=O)C3(CN)CC3)cnc21. The fourth-order valence-corrected chi connectivity index (χ4v) is 2.32. The van der Waals surface area contributed by atoms with Gasteiger partial charge >= 0.3 is 0 Å². The third kappa shape index (κ3) is 2.06. The van der Waals surface area contributed by atoms with Gasteiger partial charge < -0.3 is 11.1 Å². The van der Waals surface area contributed by atoms with Crippen LogP contribution in [0.5, 0.6) is 0 Å². The van der Waals surface area contributed by atoms with Gasteiger partial charge in [-0.25, -0.2) is 9.67 Å². The summed E-state index contributed by atoms with van der Waals surface area (Å²) in [6.45, 7) is 4.52. The lowest BCUT2D eigenvalue weighted by atomic mass is 10.1. The van der Waals surface area contributed by atoms with Crippen LogP contribution in [0.25, 0.3) is 11.0 Å². The monoisotopic (exact) mass is 273 g/mol. The summed E-state index contributed by atoms with van der Waals surface area (Å²) in [5, 5.41) is 8.15. The quantitative estimate of drug-likeness (QED) is 0.887. The Labute approximate surface area is 117 Å². The summed E-state index contributed by atoms with van der Waals surface area (Å²) in [7, 11) is 0. The average Bonchev–Trinajstić information content (AvgIpc) is 3.12. The van der Waals surface area contributed by atoms with Crippen molar-refractivity contribution >= 4 is 22.6 Å². The van der Waals surface area contributed by atoms with Gasteiger partial charge in [-0.2, -0.15) is 5.10 Å². The first-order chi connectivity index (χ1) is 9.55. The van der Waals surface area contributed by atoms with Gasteiger partial charge in [-0.15, -0.1) is 0 Å². The topological polar surface area (TPSA) is 85.8 Å². The van der Waals surface area contributed by atoms with E-state index in [0.717, 1.165) is 23.9 Å². The molecule has 1 saturated carbocycles. The van der Waals surface area contributed by atoms with Crippen LogP contribution in [0.15, 0.2) is 18.5 Å². The first-order valence-electron chi connectivity index (χ1n) is 6.90. The van der Waals surface area contributed by atoms with E-state index >= 15 is 0 Å². The molecule has 3 N–H and O–H groups in total. The van der Waals surface area contributed by atoms with Crippen LogP contribution in [0.1, 0.15) is 32.7 Å². The predicted molar refractivity (Wildman–Crippen MR) is 77.3 cm³/mol. The van der Waals surface area contributed by atoms with Crippen molar-refractivity contribution < 1.29 is 4.79 Å². The molecule has 106 valence electrons. The van der Waals surface area contributed by atoms with Crippen LogP contribution < -0.4 is 11.1 Å².